The number of rotatable bonds is 8. The third-order valence-corrected chi connectivity index (χ3v) is 3.31. The Morgan fingerprint density at radius 1 is 1.04 bits per heavy atom. The molecule has 0 bridgehead atoms. The summed E-state index contributed by atoms with van der Waals surface area (Å²) in [5.41, 5.74) is 1.21. The maximum Gasteiger partial charge on any atom is 0.185 e. The molecular weight excluding hydrogens is 324 g/mol. The van der Waals surface area contributed by atoms with Crippen molar-refractivity contribution in [2.75, 3.05) is 20.8 Å². The van der Waals surface area contributed by atoms with Crippen LogP contribution in [-0.4, -0.2) is 32.6 Å². The van der Waals surface area contributed by atoms with Gasteiger partial charge < -0.3 is 24.1 Å². The van der Waals surface area contributed by atoms with Crippen LogP contribution in [0, 0.1) is 0 Å². The molecule has 0 atom stereocenters. The molecule has 6 heteroatoms. The molecule has 0 amide bonds. The van der Waals surface area contributed by atoms with Gasteiger partial charge in [0.15, 0.2) is 17.3 Å². The number of methoxy groups -OCH3 is 2. The molecule has 2 aromatic rings. The van der Waals surface area contributed by atoms with E-state index >= 15 is 0 Å². The van der Waals surface area contributed by atoms with Gasteiger partial charge in [0.25, 0.3) is 0 Å². The molecule has 0 aliphatic carbocycles. The van der Waals surface area contributed by atoms with Gasteiger partial charge in [-0.2, -0.15) is 0 Å². The zero-order valence-corrected chi connectivity index (χ0v) is 13.9. The number of carboxylic acids is 1. The second-order valence-electron chi connectivity index (χ2n) is 5.00. The average Bonchev–Trinajstić information content (AvgIpc) is 2.64. The van der Waals surface area contributed by atoms with Crippen molar-refractivity contribution in [1.82, 2.24) is 0 Å². The van der Waals surface area contributed by atoms with Crippen LogP contribution in [0.4, 0.5) is 0 Å². The molecule has 0 fully saturated rings. The lowest BCUT2D eigenvalue weighted by atomic mass is 10.1. The molecule has 130 valence electrons. The summed E-state index contributed by atoms with van der Waals surface area (Å²) in [5, 5.41) is 10.5. The van der Waals surface area contributed by atoms with E-state index in [1.165, 1.54) is 31.4 Å². The number of aliphatic carboxylic acids is 1. The van der Waals surface area contributed by atoms with Crippen molar-refractivity contribution in [1.29, 1.82) is 0 Å². The van der Waals surface area contributed by atoms with Crippen molar-refractivity contribution in [3.8, 4) is 17.2 Å². The average molecular weight is 341 g/mol. The van der Waals surface area contributed by atoms with E-state index in [2.05, 4.69) is 0 Å². The van der Waals surface area contributed by atoms with Crippen LogP contribution in [0.3, 0.4) is 0 Å². The summed E-state index contributed by atoms with van der Waals surface area (Å²) < 4.78 is 15.3. The van der Waals surface area contributed by atoms with E-state index in [0.717, 1.165) is 5.56 Å². The first-order valence-corrected chi connectivity index (χ1v) is 7.40. The number of hydrogen-bond acceptors (Lipinski definition) is 6. The maximum absolute atomic E-state index is 12.3. The minimum Gasteiger partial charge on any atom is -0.546 e. The highest BCUT2D eigenvalue weighted by molar-refractivity contribution is 6.07. The van der Waals surface area contributed by atoms with Gasteiger partial charge in [0.1, 0.15) is 12.4 Å². The second kappa shape index (κ2) is 8.54. The SMILES string of the molecule is COc1cccc(/C=C/C(=O)c2ccc(OCC(=O)[O-])c(OC)c2)c1. The Hall–Kier alpha value is -3.28. The van der Waals surface area contributed by atoms with E-state index in [-0.39, 0.29) is 17.3 Å². The Morgan fingerprint density at radius 2 is 1.84 bits per heavy atom. The van der Waals surface area contributed by atoms with Gasteiger partial charge in [0.2, 0.25) is 0 Å². The van der Waals surface area contributed by atoms with Crippen LogP contribution in [0.15, 0.2) is 48.5 Å². The van der Waals surface area contributed by atoms with Crippen LogP contribution in [-0.2, 0) is 4.79 Å². The van der Waals surface area contributed by atoms with Crippen LogP contribution >= 0.6 is 0 Å². The van der Waals surface area contributed by atoms with Gasteiger partial charge >= 0.3 is 0 Å². The number of allylic oxidation sites excluding steroid dienone is 1. The summed E-state index contributed by atoms with van der Waals surface area (Å²) in [7, 11) is 2.98. The lowest BCUT2D eigenvalue weighted by Crippen LogP contribution is -2.29. The fourth-order valence-electron chi connectivity index (χ4n) is 2.09. The van der Waals surface area contributed by atoms with Crippen LogP contribution in [0.2, 0.25) is 0 Å². The molecule has 6 nitrogen and oxygen atoms in total. The minimum atomic E-state index is -1.34. The number of ketones is 1. The summed E-state index contributed by atoms with van der Waals surface area (Å²) >= 11 is 0. The number of carboxylic acid groups (broad SMARTS) is 1. The molecule has 2 rings (SSSR count). The van der Waals surface area contributed by atoms with Gasteiger partial charge in [-0.15, -0.1) is 0 Å². The standard InChI is InChI=1S/C19H18O6/c1-23-15-5-3-4-13(10-15)6-8-16(20)14-7-9-17(18(11-14)24-2)25-12-19(21)22/h3-11H,12H2,1-2H3,(H,21,22)/p-1/b8-6+. The molecule has 0 saturated carbocycles. The minimum absolute atomic E-state index is 0.222. The van der Waals surface area contributed by atoms with E-state index < -0.39 is 12.6 Å². The summed E-state index contributed by atoms with van der Waals surface area (Å²) in [6.07, 6.45) is 3.11. The molecule has 0 saturated heterocycles. The topological polar surface area (TPSA) is 84.9 Å². The molecule has 0 aliphatic rings. The molecule has 25 heavy (non-hydrogen) atoms. The zero-order chi connectivity index (χ0) is 18.2. The largest absolute Gasteiger partial charge is 0.546 e. The summed E-state index contributed by atoms with van der Waals surface area (Å²) in [4.78, 5) is 22.8. The Balaban J connectivity index is 2.15. The van der Waals surface area contributed by atoms with Crippen LogP contribution in [0.25, 0.3) is 6.08 Å². The second-order valence-corrected chi connectivity index (χ2v) is 5.00. The van der Waals surface area contributed by atoms with Crippen LogP contribution < -0.4 is 19.3 Å². The van der Waals surface area contributed by atoms with Crippen molar-refractivity contribution in [3.05, 3.63) is 59.7 Å². The molecule has 0 aliphatic heterocycles. The Kier molecular flexibility index (Phi) is 6.17. The van der Waals surface area contributed by atoms with E-state index in [0.29, 0.717) is 11.3 Å². The monoisotopic (exact) mass is 341 g/mol. The Labute approximate surface area is 145 Å². The fraction of sp³-hybridized carbons (Fsp3) is 0.158. The first kappa shape index (κ1) is 18.1. The number of carbonyl (C=O) groups excluding carboxylic acids is 2. The smallest absolute Gasteiger partial charge is 0.185 e. The number of hydrogen-bond donors (Lipinski definition) is 0. The van der Waals surface area contributed by atoms with Gasteiger partial charge in [-0.05, 0) is 42.0 Å². The lowest BCUT2D eigenvalue weighted by molar-refractivity contribution is -0.307. The molecule has 0 unspecified atom stereocenters. The van der Waals surface area contributed by atoms with Crippen LogP contribution in [0.1, 0.15) is 15.9 Å². The van der Waals surface area contributed by atoms with Gasteiger partial charge in [0, 0.05) is 5.56 Å². The lowest BCUT2D eigenvalue weighted by Gasteiger charge is -2.11. The van der Waals surface area contributed by atoms with E-state index in [1.54, 1.807) is 19.3 Å². The molecule has 0 N–H and O–H groups in total. The number of carbonyl (C=O) groups is 2. The molecule has 0 heterocycles. The van der Waals surface area contributed by atoms with Crippen molar-refractivity contribution in [2.45, 2.75) is 0 Å². The normalized spacial score (nSPS) is 10.5. The summed E-state index contributed by atoms with van der Waals surface area (Å²) in [6.45, 7) is -0.598. The Morgan fingerprint density at radius 3 is 2.52 bits per heavy atom. The van der Waals surface area contributed by atoms with E-state index in [1.807, 2.05) is 18.2 Å². The van der Waals surface area contributed by atoms with Gasteiger partial charge in [0.05, 0.1) is 20.2 Å². The highest BCUT2D eigenvalue weighted by Crippen LogP contribution is 2.28. The number of ether oxygens (including phenoxy) is 3. The predicted octanol–water partition coefficient (Wildman–Crippen LogP) is 1.73. The fourth-order valence-corrected chi connectivity index (χ4v) is 2.09. The first-order chi connectivity index (χ1) is 12.0. The third-order valence-electron chi connectivity index (χ3n) is 3.31. The van der Waals surface area contributed by atoms with E-state index in [4.69, 9.17) is 14.2 Å². The van der Waals surface area contributed by atoms with Gasteiger partial charge in [-0.25, -0.2) is 0 Å². The maximum atomic E-state index is 12.3. The van der Waals surface area contributed by atoms with Gasteiger partial charge in [-0.3, -0.25) is 4.79 Å². The highest BCUT2D eigenvalue weighted by atomic mass is 16.5. The summed E-state index contributed by atoms with van der Waals surface area (Å²) in [5.74, 6) is -0.386. The first-order valence-electron chi connectivity index (χ1n) is 7.40. The van der Waals surface area contributed by atoms with Crippen molar-refractivity contribution < 1.29 is 28.9 Å². The third kappa shape index (κ3) is 5.10. The molecule has 2 aromatic carbocycles. The van der Waals surface area contributed by atoms with Crippen LogP contribution in [0.5, 0.6) is 17.2 Å². The molecular formula is C19H17O6-. The number of benzene rings is 2. The molecule has 0 spiro atoms. The molecule has 0 aromatic heterocycles. The Bertz CT molecular complexity index is 794. The highest BCUT2D eigenvalue weighted by Gasteiger charge is 2.09. The summed E-state index contributed by atoms with van der Waals surface area (Å²) in [6, 6.07) is 11.8. The predicted molar refractivity (Wildman–Crippen MR) is 89.9 cm³/mol. The van der Waals surface area contributed by atoms with E-state index in [9.17, 15) is 14.7 Å². The van der Waals surface area contributed by atoms with Crippen molar-refractivity contribution in [3.63, 3.8) is 0 Å². The quantitative estimate of drug-likeness (QED) is 0.537. The zero-order valence-electron chi connectivity index (χ0n) is 13.9. The van der Waals surface area contributed by atoms with Crippen molar-refractivity contribution >= 4 is 17.8 Å². The molecule has 0 radical (unpaired) electrons. The van der Waals surface area contributed by atoms with Crippen molar-refractivity contribution in [2.24, 2.45) is 0 Å². The van der Waals surface area contributed by atoms with Gasteiger partial charge in [-0.1, -0.05) is 18.2 Å².